The van der Waals surface area contributed by atoms with Crippen LogP contribution in [0.5, 0.6) is 0 Å². The Kier molecular flexibility index (Phi) is 5.75. The third-order valence-electron chi connectivity index (χ3n) is 7.40. The molecule has 6 heteroatoms. The maximum atomic E-state index is 13.6. The van der Waals surface area contributed by atoms with Crippen molar-refractivity contribution in [2.75, 3.05) is 13.1 Å². The van der Waals surface area contributed by atoms with Gasteiger partial charge in [-0.15, -0.1) is 0 Å². The maximum absolute atomic E-state index is 13.6. The molecule has 0 bridgehead atoms. The van der Waals surface area contributed by atoms with Crippen molar-refractivity contribution in [3.05, 3.63) is 89.0 Å². The fourth-order valence-corrected chi connectivity index (χ4v) is 6.10. The lowest BCUT2D eigenvalue weighted by Gasteiger charge is -2.19. The number of pyridine rings is 1. The Labute approximate surface area is 203 Å². The minimum Gasteiger partial charge on any atom is -0.298 e. The molecule has 2 aliphatic rings. The predicted octanol–water partition coefficient (Wildman–Crippen LogP) is 6.19. The van der Waals surface area contributed by atoms with Crippen molar-refractivity contribution < 1.29 is 4.39 Å². The highest BCUT2D eigenvalue weighted by Crippen LogP contribution is 2.43. The van der Waals surface area contributed by atoms with Gasteiger partial charge in [0.05, 0.1) is 21.9 Å². The molecule has 1 saturated carbocycles. The Morgan fingerprint density at radius 1 is 0.941 bits per heavy atom. The molecule has 3 atom stereocenters. The second kappa shape index (κ2) is 9.05. The monoisotopic (exact) mass is 472 g/mol. The second-order valence-electron chi connectivity index (χ2n) is 9.83. The third kappa shape index (κ3) is 4.42. The zero-order valence-corrected chi connectivity index (χ0v) is 19.6. The molecule has 1 aliphatic carbocycles. The average Bonchev–Trinajstić information content (AvgIpc) is 3.39. The Hall–Kier alpha value is -2.89. The van der Waals surface area contributed by atoms with E-state index in [0.717, 1.165) is 49.1 Å². The van der Waals surface area contributed by atoms with Crippen molar-refractivity contribution in [2.24, 2.45) is 17.8 Å². The summed E-state index contributed by atoms with van der Waals surface area (Å²) in [5.74, 6) is 1.85. The molecule has 3 heterocycles. The number of nitrogens with zero attached hydrogens (tertiary/aromatic N) is 4. The highest BCUT2D eigenvalue weighted by Gasteiger charge is 2.40. The Morgan fingerprint density at radius 2 is 1.76 bits per heavy atom. The van der Waals surface area contributed by atoms with Crippen molar-refractivity contribution in [3.63, 3.8) is 0 Å². The highest BCUT2D eigenvalue weighted by molar-refractivity contribution is 6.33. The Morgan fingerprint density at radius 3 is 2.56 bits per heavy atom. The van der Waals surface area contributed by atoms with Gasteiger partial charge in [-0.25, -0.2) is 4.39 Å². The van der Waals surface area contributed by atoms with Crippen LogP contribution >= 0.6 is 11.6 Å². The van der Waals surface area contributed by atoms with E-state index in [4.69, 9.17) is 11.6 Å². The summed E-state index contributed by atoms with van der Waals surface area (Å²) in [6.07, 6.45) is 5.47. The second-order valence-corrected chi connectivity index (χ2v) is 10.2. The van der Waals surface area contributed by atoms with Crippen LogP contribution in [0, 0.1) is 23.6 Å². The van der Waals surface area contributed by atoms with Crippen molar-refractivity contribution in [2.45, 2.75) is 25.8 Å². The van der Waals surface area contributed by atoms with Crippen molar-refractivity contribution in [3.8, 4) is 11.3 Å². The van der Waals surface area contributed by atoms with Crippen LogP contribution in [-0.2, 0) is 13.0 Å². The van der Waals surface area contributed by atoms with E-state index < -0.39 is 0 Å². The first-order chi connectivity index (χ1) is 16.6. The van der Waals surface area contributed by atoms with Gasteiger partial charge in [-0.3, -0.25) is 9.88 Å². The number of rotatable bonds is 5. The largest absolute Gasteiger partial charge is 0.298 e. The maximum Gasteiger partial charge on any atom is 0.123 e. The molecular weight excluding hydrogens is 447 g/mol. The molecule has 1 saturated heterocycles. The molecule has 1 unspecified atom stereocenters. The van der Waals surface area contributed by atoms with E-state index in [9.17, 15) is 4.39 Å². The van der Waals surface area contributed by atoms with Crippen LogP contribution in [-0.4, -0.2) is 33.2 Å². The summed E-state index contributed by atoms with van der Waals surface area (Å²) in [5.41, 5.74) is 4.54. The molecule has 2 aromatic carbocycles. The van der Waals surface area contributed by atoms with E-state index >= 15 is 0 Å². The van der Waals surface area contributed by atoms with Gasteiger partial charge in [0.1, 0.15) is 5.82 Å². The van der Waals surface area contributed by atoms with Gasteiger partial charge in [-0.2, -0.15) is 10.2 Å². The summed E-state index contributed by atoms with van der Waals surface area (Å²) in [6, 6.07) is 18.8. The summed E-state index contributed by atoms with van der Waals surface area (Å²) in [6.45, 7) is 3.30. The lowest BCUT2D eigenvalue weighted by atomic mass is 9.99. The number of fused-ring (bicyclic) bond motifs is 2. The molecule has 34 heavy (non-hydrogen) atoms. The first kappa shape index (κ1) is 21.6. The van der Waals surface area contributed by atoms with Gasteiger partial charge >= 0.3 is 0 Å². The Balaban J connectivity index is 1.05. The highest BCUT2D eigenvalue weighted by atomic mass is 35.5. The van der Waals surface area contributed by atoms with Gasteiger partial charge in [0.15, 0.2) is 0 Å². The lowest BCUT2D eigenvalue weighted by molar-refractivity contribution is 0.289. The van der Waals surface area contributed by atoms with Gasteiger partial charge in [-0.05, 0) is 85.0 Å². The van der Waals surface area contributed by atoms with Crippen LogP contribution in [0.3, 0.4) is 0 Å². The predicted molar refractivity (Wildman–Crippen MR) is 133 cm³/mol. The van der Waals surface area contributed by atoms with Crippen LogP contribution < -0.4 is 0 Å². The molecule has 1 aliphatic heterocycles. The summed E-state index contributed by atoms with van der Waals surface area (Å²) < 4.78 is 13.6. The molecule has 4 nitrogen and oxygen atoms in total. The summed E-state index contributed by atoms with van der Waals surface area (Å²) >= 11 is 6.21. The number of halogens is 2. The summed E-state index contributed by atoms with van der Waals surface area (Å²) in [7, 11) is 0. The zero-order valence-electron chi connectivity index (χ0n) is 18.9. The smallest absolute Gasteiger partial charge is 0.123 e. The zero-order chi connectivity index (χ0) is 23.1. The first-order valence-corrected chi connectivity index (χ1v) is 12.3. The number of hydrogen-bond donors (Lipinski definition) is 0. The molecular formula is C28H26ClFN4. The van der Waals surface area contributed by atoms with Crippen LogP contribution in [0.4, 0.5) is 4.39 Å². The minimum absolute atomic E-state index is 0.325. The van der Waals surface area contributed by atoms with Crippen molar-refractivity contribution >= 4 is 22.5 Å². The average molecular weight is 473 g/mol. The van der Waals surface area contributed by atoms with Crippen molar-refractivity contribution in [1.29, 1.82) is 0 Å². The first-order valence-electron chi connectivity index (χ1n) is 11.9. The molecule has 2 aromatic heterocycles. The Bertz CT molecular complexity index is 1310. The fraction of sp³-hybridized carbons (Fsp3) is 0.321. The summed E-state index contributed by atoms with van der Waals surface area (Å²) in [4.78, 5) is 7.22. The minimum atomic E-state index is -0.325. The van der Waals surface area contributed by atoms with Gasteiger partial charge in [0.25, 0.3) is 0 Å². The van der Waals surface area contributed by atoms with E-state index in [1.807, 2.05) is 24.4 Å². The van der Waals surface area contributed by atoms with Gasteiger partial charge < -0.3 is 0 Å². The van der Waals surface area contributed by atoms with Crippen LogP contribution in [0.2, 0.25) is 5.02 Å². The molecule has 2 fully saturated rings. The molecule has 0 radical (unpaired) electrons. The molecule has 0 amide bonds. The van der Waals surface area contributed by atoms with Crippen LogP contribution in [0.15, 0.2) is 66.9 Å². The topological polar surface area (TPSA) is 41.9 Å². The van der Waals surface area contributed by atoms with E-state index in [0.29, 0.717) is 22.2 Å². The van der Waals surface area contributed by atoms with Crippen molar-refractivity contribution in [1.82, 2.24) is 20.1 Å². The van der Waals surface area contributed by atoms with E-state index in [2.05, 4.69) is 44.3 Å². The van der Waals surface area contributed by atoms with E-state index in [-0.39, 0.29) is 5.82 Å². The van der Waals surface area contributed by atoms with E-state index in [1.165, 1.54) is 35.9 Å². The SMILES string of the molecule is Fc1ccc(Cl)c(-c2ccc(CC3C[C@@H]4CN(Cc5cnc6ccccc6c5)C[C@@H]4C3)nn2)c1. The number of hydrogen-bond acceptors (Lipinski definition) is 4. The normalized spacial score (nSPS) is 22.4. The number of benzene rings is 2. The number of likely N-dealkylation sites (tertiary alicyclic amines) is 1. The standard InChI is InChI=1S/C28H26ClFN4/c29-26-7-5-23(30)13-25(26)28-8-6-24(32-33-28)12-18-9-21-16-34(17-22(21)10-18)15-19-11-20-3-1-2-4-27(20)31-14-19/h1-8,11,13-14,18,21-22H,9-10,12,15-17H2/t18?,21-,22+. The molecule has 0 N–H and O–H groups in total. The van der Waals surface area contributed by atoms with Crippen LogP contribution in [0.25, 0.3) is 22.2 Å². The molecule has 0 spiro atoms. The summed E-state index contributed by atoms with van der Waals surface area (Å²) in [5, 5.41) is 10.5. The van der Waals surface area contributed by atoms with Gasteiger partial charge in [0, 0.05) is 36.8 Å². The van der Waals surface area contributed by atoms with Gasteiger partial charge in [0.2, 0.25) is 0 Å². The quantitative estimate of drug-likeness (QED) is 0.347. The number of para-hydroxylation sites is 1. The van der Waals surface area contributed by atoms with Crippen LogP contribution in [0.1, 0.15) is 24.1 Å². The van der Waals surface area contributed by atoms with Gasteiger partial charge in [-0.1, -0.05) is 29.8 Å². The molecule has 172 valence electrons. The number of aromatic nitrogens is 3. The molecule has 4 aromatic rings. The lowest BCUT2D eigenvalue weighted by Crippen LogP contribution is -2.22. The fourth-order valence-electron chi connectivity index (χ4n) is 5.88. The third-order valence-corrected chi connectivity index (χ3v) is 7.73. The van der Waals surface area contributed by atoms with E-state index in [1.54, 1.807) is 6.07 Å². The molecule has 6 rings (SSSR count).